The lowest BCUT2D eigenvalue weighted by Crippen LogP contribution is -2.19. The molecular formula is C23H20N8O. The highest BCUT2D eigenvalue weighted by molar-refractivity contribution is 5.99. The van der Waals surface area contributed by atoms with Crippen LogP contribution in [-0.4, -0.2) is 42.5 Å². The van der Waals surface area contributed by atoms with Crippen LogP contribution in [0.3, 0.4) is 0 Å². The summed E-state index contributed by atoms with van der Waals surface area (Å²) < 4.78 is 1.70. The molecule has 0 atom stereocenters. The minimum atomic E-state index is -0.503. The maximum absolute atomic E-state index is 11.9. The molecule has 4 heterocycles. The molecule has 0 saturated carbocycles. The van der Waals surface area contributed by atoms with Crippen molar-refractivity contribution >= 4 is 23.2 Å². The molecule has 9 heteroatoms. The first-order valence-electron chi connectivity index (χ1n) is 9.97. The van der Waals surface area contributed by atoms with Crippen LogP contribution in [0.5, 0.6) is 0 Å². The third kappa shape index (κ3) is 3.35. The number of carbonyl (C=O) groups is 1. The summed E-state index contributed by atoms with van der Waals surface area (Å²) >= 11 is 0. The number of para-hydroxylation sites is 1. The summed E-state index contributed by atoms with van der Waals surface area (Å²) in [5.74, 6) is 0.0436. The van der Waals surface area contributed by atoms with Crippen molar-refractivity contribution in [1.82, 2.24) is 29.5 Å². The van der Waals surface area contributed by atoms with Crippen LogP contribution in [0.4, 0.5) is 11.6 Å². The third-order valence-electron chi connectivity index (χ3n) is 5.23. The van der Waals surface area contributed by atoms with Crippen LogP contribution in [0.15, 0.2) is 67.1 Å². The van der Waals surface area contributed by atoms with Gasteiger partial charge in [-0.25, -0.2) is 14.5 Å². The van der Waals surface area contributed by atoms with E-state index < -0.39 is 5.91 Å². The molecule has 0 bridgehead atoms. The highest BCUT2D eigenvalue weighted by atomic mass is 16.1. The molecule has 4 aromatic heterocycles. The van der Waals surface area contributed by atoms with Gasteiger partial charge in [-0.3, -0.25) is 9.78 Å². The molecule has 0 aliphatic rings. The molecule has 1 aromatic carbocycles. The Kier molecular flexibility index (Phi) is 4.63. The molecule has 158 valence electrons. The number of imidazole rings is 1. The predicted molar refractivity (Wildman–Crippen MR) is 122 cm³/mol. The monoisotopic (exact) mass is 424 g/mol. The number of primary amides is 1. The Morgan fingerprint density at radius 2 is 1.91 bits per heavy atom. The van der Waals surface area contributed by atoms with Crippen molar-refractivity contribution in [2.45, 2.75) is 6.92 Å². The second-order valence-electron chi connectivity index (χ2n) is 7.37. The van der Waals surface area contributed by atoms with Gasteiger partial charge in [0.15, 0.2) is 5.65 Å². The molecule has 1 amide bonds. The second kappa shape index (κ2) is 7.62. The van der Waals surface area contributed by atoms with Gasteiger partial charge in [0.25, 0.3) is 5.91 Å². The molecule has 0 fully saturated rings. The van der Waals surface area contributed by atoms with Crippen molar-refractivity contribution < 1.29 is 4.79 Å². The molecule has 0 aliphatic heterocycles. The van der Waals surface area contributed by atoms with Gasteiger partial charge in [0.05, 0.1) is 22.6 Å². The summed E-state index contributed by atoms with van der Waals surface area (Å²) in [6.07, 6.45) is 3.38. The average molecular weight is 424 g/mol. The van der Waals surface area contributed by atoms with E-state index >= 15 is 0 Å². The Morgan fingerprint density at radius 3 is 2.72 bits per heavy atom. The number of aromatic amines is 1. The van der Waals surface area contributed by atoms with Gasteiger partial charge in [-0.1, -0.05) is 18.2 Å². The van der Waals surface area contributed by atoms with Crippen LogP contribution < -0.4 is 10.6 Å². The normalized spacial score (nSPS) is 11.1. The van der Waals surface area contributed by atoms with Gasteiger partial charge in [0.1, 0.15) is 12.0 Å². The van der Waals surface area contributed by atoms with Crippen molar-refractivity contribution in [3.05, 3.63) is 78.4 Å². The maximum atomic E-state index is 11.9. The number of rotatable bonds is 5. The van der Waals surface area contributed by atoms with E-state index in [1.54, 1.807) is 21.5 Å². The number of aryl methyl sites for hydroxylation is 1. The zero-order valence-electron chi connectivity index (χ0n) is 17.5. The molecule has 32 heavy (non-hydrogen) atoms. The zero-order valence-corrected chi connectivity index (χ0v) is 17.5. The minimum absolute atomic E-state index is 0.409. The van der Waals surface area contributed by atoms with Gasteiger partial charge in [-0.05, 0) is 43.3 Å². The van der Waals surface area contributed by atoms with Crippen molar-refractivity contribution in [1.29, 1.82) is 0 Å². The number of pyridine rings is 2. The SMILES string of the molecule is Cc1cccc(-c2[nH]c(N(C)c3ccccc3C(N)=O)nc2-c2ccc3ncnn3c2)n1. The Hall–Kier alpha value is -4.53. The zero-order chi connectivity index (χ0) is 22.2. The fourth-order valence-electron chi connectivity index (χ4n) is 3.64. The maximum Gasteiger partial charge on any atom is 0.250 e. The largest absolute Gasteiger partial charge is 0.366 e. The summed E-state index contributed by atoms with van der Waals surface area (Å²) in [5, 5.41) is 4.23. The number of nitrogens with two attached hydrogens (primary N) is 1. The smallest absolute Gasteiger partial charge is 0.250 e. The van der Waals surface area contributed by atoms with E-state index in [1.807, 2.05) is 62.6 Å². The number of nitrogens with zero attached hydrogens (tertiary/aromatic N) is 6. The number of hydrogen-bond acceptors (Lipinski definition) is 6. The first-order valence-corrected chi connectivity index (χ1v) is 9.97. The van der Waals surface area contributed by atoms with Gasteiger partial charge >= 0.3 is 0 Å². The van der Waals surface area contributed by atoms with Crippen LogP contribution in [0.2, 0.25) is 0 Å². The number of nitrogens with one attached hydrogen (secondary N) is 1. The predicted octanol–water partition coefficient (Wildman–Crippen LogP) is 3.36. The number of benzene rings is 1. The molecule has 0 spiro atoms. The Morgan fingerprint density at radius 1 is 1.06 bits per heavy atom. The van der Waals surface area contributed by atoms with E-state index in [4.69, 9.17) is 10.7 Å². The van der Waals surface area contributed by atoms with E-state index in [0.717, 1.165) is 28.3 Å². The first-order chi connectivity index (χ1) is 15.5. The number of H-pyrrole nitrogens is 1. The first kappa shape index (κ1) is 19.4. The Balaban J connectivity index is 1.68. The van der Waals surface area contributed by atoms with Crippen molar-refractivity contribution in [2.24, 2.45) is 5.73 Å². The lowest BCUT2D eigenvalue weighted by molar-refractivity contribution is 0.100. The van der Waals surface area contributed by atoms with Gasteiger partial charge < -0.3 is 15.6 Å². The topological polar surface area (TPSA) is 118 Å². The lowest BCUT2D eigenvalue weighted by atomic mass is 10.1. The summed E-state index contributed by atoms with van der Waals surface area (Å²) in [5.41, 5.74) is 11.3. The molecule has 5 rings (SSSR count). The summed E-state index contributed by atoms with van der Waals surface area (Å²) in [4.78, 5) is 30.9. The molecule has 0 saturated heterocycles. The minimum Gasteiger partial charge on any atom is -0.366 e. The number of hydrogen-bond donors (Lipinski definition) is 2. The molecule has 5 aromatic rings. The Bertz CT molecular complexity index is 1450. The fourth-order valence-corrected chi connectivity index (χ4v) is 3.64. The van der Waals surface area contributed by atoms with Crippen molar-refractivity contribution in [3.8, 4) is 22.6 Å². The third-order valence-corrected chi connectivity index (χ3v) is 5.23. The van der Waals surface area contributed by atoms with E-state index in [1.165, 1.54) is 6.33 Å². The van der Waals surface area contributed by atoms with Gasteiger partial charge in [0.2, 0.25) is 5.95 Å². The quantitative estimate of drug-likeness (QED) is 0.447. The molecule has 9 nitrogen and oxygen atoms in total. The number of anilines is 2. The highest BCUT2D eigenvalue weighted by Crippen LogP contribution is 2.34. The van der Waals surface area contributed by atoms with Gasteiger partial charge in [-0.15, -0.1) is 0 Å². The molecule has 0 radical (unpaired) electrons. The van der Waals surface area contributed by atoms with E-state index in [9.17, 15) is 4.79 Å². The molecular weight excluding hydrogens is 404 g/mol. The lowest BCUT2D eigenvalue weighted by Gasteiger charge is -2.18. The number of amides is 1. The number of fused-ring (bicyclic) bond motifs is 1. The van der Waals surface area contributed by atoms with Crippen LogP contribution in [0, 0.1) is 6.92 Å². The number of carbonyl (C=O) groups excluding carboxylic acids is 1. The van der Waals surface area contributed by atoms with Crippen LogP contribution in [-0.2, 0) is 0 Å². The van der Waals surface area contributed by atoms with Crippen molar-refractivity contribution in [2.75, 3.05) is 11.9 Å². The summed E-state index contributed by atoms with van der Waals surface area (Å²) in [7, 11) is 1.83. The molecule has 0 aliphatic carbocycles. The van der Waals surface area contributed by atoms with E-state index in [0.29, 0.717) is 22.9 Å². The van der Waals surface area contributed by atoms with Crippen LogP contribution in [0.1, 0.15) is 16.1 Å². The summed E-state index contributed by atoms with van der Waals surface area (Å²) in [6.45, 7) is 1.94. The van der Waals surface area contributed by atoms with E-state index in [2.05, 4.69) is 20.1 Å². The van der Waals surface area contributed by atoms with Crippen molar-refractivity contribution in [3.63, 3.8) is 0 Å². The highest BCUT2D eigenvalue weighted by Gasteiger charge is 2.21. The van der Waals surface area contributed by atoms with E-state index in [-0.39, 0.29) is 0 Å². The van der Waals surface area contributed by atoms with Gasteiger partial charge in [-0.2, -0.15) is 5.10 Å². The number of aromatic nitrogens is 6. The molecule has 0 unspecified atom stereocenters. The standard InChI is InChI=1S/C23H20N8O/c1-14-6-5-8-17(27-14)21-20(15-10-11-19-25-13-26-31(19)12-15)28-23(29-21)30(2)18-9-4-3-7-16(18)22(24)32/h3-13H,1-2H3,(H2,24,32)(H,28,29). The van der Waals surface area contributed by atoms with Crippen LogP contribution in [0.25, 0.3) is 28.3 Å². The van der Waals surface area contributed by atoms with Gasteiger partial charge in [0, 0.05) is 24.5 Å². The Labute approximate surface area is 183 Å². The molecule has 3 N–H and O–H groups in total. The fraction of sp³-hybridized carbons (Fsp3) is 0.0870. The average Bonchev–Trinajstić information content (AvgIpc) is 3.45. The van der Waals surface area contributed by atoms with Crippen LogP contribution >= 0.6 is 0 Å². The summed E-state index contributed by atoms with van der Waals surface area (Å²) in [6, 6.07) is 16.8. The second-order valence-corrected chi connectivity index (χ2v) is 7.37.